The number of aryl methyl sites for hydroxylation is 1. The van der Waals surface area contributed by atoms with Crippen molar-refractivity contribution >= 4 is 23.2 Å². The number of ether oxygens (including phenoxy) is 1. The summed E-state index contributed by atoms with van der Waals surface area (Å²) in [5.41, 5.74) is 2.16. The molecule has 0 saturated heterocycles. The Bertz CT molecular complexity index is 764. The molecule has 6 heteroatoms. The quantitative estimate of drug-likeness (QED) is 0.732. The van der Waals surface area contributed by atoms with Gasteiger partial charge in [-0.25, -0.2) is 0 Å². The molecular formula is C18H20ClN3O2. The molecule has 3 rings (SSSR count). The standard InChI is InChI=1S/C18H20ClN3O2/c1-3-4-5-6-9-22-14-8-7-12(2)10-15(14)24-17-13(18(22)23)11-16(19)20-21-17/h7-8,10-11H,3-6,9H2,1-2H3. The number of carbonyl (C=O) groups is 1. The molecule has 24 heavy (non-hydrogen) atoms. The number of benzene rings is 1. The van der Waals surface area contributed by atoms with Gasteiger partial charge in [0, 0.05) is 6.54 Å². The zero-order chi connectivity index (χ0) is 17.1. The van der Waals surface area contributed by atoms with Crippen molar-refractivity contribution in [3.63, 3.8) is 0 Å². The lowest BCUT2D eigenvalue weighted by Gasteiger charge is -2.22. The van der Waals surface area contributed by atoms with Gasteiger partial charge in [0.2, 0.25) is 0 Å². The van der Waals surface area contributed by atoms with Gasteiger partial charge in [0.25, 0.3) is 11.8 Å². The van der Waals surface area contributed by atoms with Crippen LogP contribution in [0.4, 0.5) is 5.69 Å². The van der Waals surface area contributed by atoms with Crippen molar-refractivity contribution in [2.45, 2.75) is 39.5 Å². The molecule has 0 unspecified atom stereocenters. The van der Waals surface area contributed by atoms with E-state index >= 15 is 0 Å². The van der Waals surface area contributed by atoms with Gasteiger partial charge in [0.15, 0.2) is 10.9 Å². The normalized spacial score (nSPS) is 13.1. The second-order valence-electron chi connectivity index (χ2n) is 5.98. The first-order valence-corrected chi connectivity index (χ1v) is 8.61. The third-order valence-corrected chi connectivity index (χ3v) is 4.24. The van der Waals surface area contributed by atoms with Crippen LogP contribution in [-0.4, -0.2) is 22.6 Å². The molecular weight excluding hydrogens is 326 g/mol. The molecule has 5 nitrogen and oxygen atoms in total. The van der Waals surface area contributed by atoms with Crippen molar-refractivity contribution in [1.82, 2.24) is 10.2 Å². The van der Waals surface area contributed by atoms with Gasteiger partial charge in [-0.1, -0.05) is 43.9 Å². The Hall–Kier alpha value is -2.14. The Balaban J connectivity index is 2.00. The average molecular weight is 346 g/mol. The number of nitrogens with zero attached hydrogens (tertiary/aromatic N) is 3. The maximum absolute atomic E-state index is 13.0. The van der Waals surface area contributed by atoms with E-state index in [0.717, 1.165) is 36.9 Å². The van der Waals surface area contributed by atoms with Gasteiger partial charge in [0.1, 0.15) is 5.56 Å². The molecule has 2 aromatic rings. The molecule has 0 bridgehead atoms. The fourth-order valence-electron chi connectivity index (χ4n) is 2.79. The molecule has 0 spiro atoms. The molecule has 1 aromatic carbocycles. The predicted molar refractivity (Wildman–Crippen MR) is 94.1 cm³/mol. The number of anilines is 1. The summed E-state index contributed by atoms with van der Waals surface area (Å²) < 4.78 is 5.87. The molecule has 0 N–H and O–H groups in total. The van der Waals surface area contributed by atoms with E-state index < -0.39 is 0 Å². The van der Waals surface area contributed by atoms with Gasteiger partial charge in [-0.3, -0.25) is 4.79 Å². The first-order chi connectivity index (χ1) is 11.6. The van der Waals surface area contributed by atoms with Gasteiger partial charge in [-0.2, -0.15) is 0 Å². The molecule has 1 aliphatic heterocycles. The Morgan fingerprint density at radius 1 is 1.17 bits per heavy atom. The van der Waals surface area contributed by atoms with Gasteiger partial charge >= 0.3 is 0 Å². The van der Waals surface area contributed by atoms with Crippen LogP contribution in [0.15, 0.2) is 24.3 Å². The van der Waals surface area contributed by atoms with Gasteiger partial charge in [-0.05, 0) is 37.1 Å². The van der Waals surface area contributed by atoms with Crippen LogP contribution in [0, 0.1) is 6.92 Å². The summed E-state index contributed by atoms with van der Waals surface area (Å²) in [6.07, 6.45) is 4.34. The highest BCUT2D eigenvalue weighted by molar-refractivity contribution is 6.29. The molecule has 2 heterocycles. The largest absolute Gasteiger partial charge is 0.435 e. The number of amides is 1. The van der Waals surface area contributed by atoms with Crippen LogP contribution >= 0.6 is 11.6 Å². The Labute approximate surface area is 146 Å². The topological polar surface area (TPSA) is 55.3 Å². The second kappa shape index (κ2) is 7.18. The lowest BCUT2D eigenvalue weighted by atomic mass is 10.1. The number of halogens is 1. The molecule has 1 aliphatic rings. The minimum atomic E-state index is -0.152. The van der Waals surface area contributed by atoms with E-state index in [-0.39, 0.29) is 16.9 Å². The van der Waals surface area contributed by atoms with E-state index in [1.807, 2.05) is 25.1 Å². The SMILES string of the molecule is CCCCCCN1C(=O)c2cc(Cl)nnc2Oc2cc(C)ccc21. The summed E-state index contributed by atoms with van der Waals surface area (Å²) in [4.78, 5) is 14.8. The van der Waals surface area contributed by atoms with Crippen molar-refractivity contribution in [1.29, 1.82) is 0 Å². The lowest BCUT2D eigenvalue weighted by molar-refractivity contribution is 0.0986. The zero-order valence-electron chi connectivity index (χ0n) is 13.9. The summed E-state index contributed by atoms with van der Waals surface area (Å²) in [7, 11) is 0. The predicted octanol–water partition coefficient (Wildman–Crippen LogP) is 4.77. The Morgan fingerprint density at radius 3 is 2.79 bits per heavy atom. The van der Waals surface area contributed by atoms with E-state index in [2.05, 4.69) is 17.1 Å². The lowest BCUT2D eigenvalue weighted by Crippen LogP contribution is -2.31. The zero-order valence-corrected chi connectivity index (χ0v) is 14.6. The highest BCUT2D eigenvalue weighted by Crippen LogP contribution is 2.38. The van der Waals surface area contributed by atoms with Crippen molar-refractivity contribution in [2.75, 3.05) is 11.4 Å². The van der Waals surface area contributed by atoms with E-state index in [1.165, 1.54) is 6.07 Å². The van der Waals surface area contributed by atoms with E-state index in [9.17, 15) is 4.79 Å². The van der Waals surface area contributed by atoms with Crippen LogP contribution in [0.25, 0.3) is 0 Å². The number of carbonyl (C=O) groups excluding carboxylic acids is 1. The minimum absolute atomic E-state index is 0.152. The van der Waals surface area contributed by atoms with Crippen LogP contribution in [0.2, 0.25) is 5.15 Å². The van der Waals surface area contributed by atoms with Crippen LogP contribution in [0.3, 0.4) is 0 Å². The van der Waals surface area contributed by atoms with E-state index in [0.29, 0.717) is 17.9 Å². The highest BCUT2D eigenvalue weighted by Gasteiger charge is 2.29. The summed E-state index contributed by atoms with van der Waals surface area (Å²) in [5, 5.41) is 7.92. The van der Waals surface area contributed by atoms with Crippen molar-refractivity contribution in [3.8, 4) is 11.6 Å². The average Bonchev–Trinajstić information content (AvgIpc) is 2.67. The maximum Gasteiger partial charge on any atom is 0.264 e. The molecule has 0 fully saturated rings. The number of hydrogen-bond donors (Lipinski definition) is 0. The molecule has 126 valence electrons. The van der Waals surface area contributed by atoms with E-state index in [4.69, 9.17) is 16.3 Å². The highest BCUT2D eigenvalue weighted by atomic mass is 35.5. The number of unbranched alkanes of at least 4 members (excludes halogenated alkanes) is 3. The molecule has 0 saturated carbocycles. The monoisotopic (exact) mass is 345 g/mol. The third-order valence-electron chi connectivity index (χ3n) is 4.05. The summed E-state index contributed by atoms with van der Waals surface area (Å²) in [6.45, 7) is 4.79. The number of fused-ring (bicyclic) bond motifs is 2. The first kappa shape index (κ1) is 16.7. The maximum atomic E-state index is 13.0. The van der Waals surface area contributed by atoms with Crippen molar-refractivity contribution < 1.29 is 9.53 Å². The van der Waals surface area contributed by atoms with Crippen LogP contribution in [0.1, 0.15) is 48.5 Å². The van der Waals surface area contributed by atoms with Gasteiger partial charge in [0.05, 0.1) is 5.69 Å². The second-order valence-corrected chi connectivity index (χ2v) is 6.36. The molecule has 0 aliphatic carbocycles. The molecule has 1 amide bonds. The minimum Gasteiger partial charge on any atom is -0.435 e. The fraction of sp³-hybridized carbons (Fsp3) is 0.389. The van der Waals surface area contributed by atoms with Gasteiger partial charge < -0.3 is 9.64 Å². The molecule has 1 aromatic heterocycles. The summed E-state index contributed by atoms with van der Waals surface area (Å²) in [5.74, 6) is 0.669. The van der Waals surface area contributed by atoms with E-state index in [1.54, 1.807) is 4.90 Å². The Morgan fingerprint density at radius 2 is 2.00 bits per heavy atom. The summed E-state index contributed by atoms with van der Waals surface area (Å²) >= 11 is 5.93. The van der Waals surface area contributed by atoms with Crippen LogP contribution in [-0.2, 0) is 0 Å². The van der Waals surface area contributed by atoms with Crippen molar-refractivity contribution in [2.24, 2.45) is 0 Å². The smallest absolute Gasteiger partial charge is 0.264 e. The fourth-order valence-corrected chi connectivity index (χ4v) is 2.94. The number of hydrogen-bond acceptors (Lipinski definition) is 4. The van der Waals surface area contributed by atoms with Crippen LogP contribution in [0.5, 0.6) is 11.6 Å². The molecule has 0 radical (unpaired) electrons. The third kappa shape index (κ3) is 3.36. The molecule has 0 atom stereocenters. The summed E-state index contributed by atoms with van der Waals surface area (Å²) in [6, 6.07) is 7.32. The van der Waals surface area contributed by atoms with Crippen molar-refractivity contribution in [3.05, 3.63) is 40.5 Å². The number of rotatable bonds is 5. The van der Waals surface area contributed by atoms with Gasteiger partial charge in [-0.15, -0.1) is 10.2 Å². The first-order valence-electron chi connectivity index (χ1n) is 8.23. The Kier molecular flexibility index (Phi) is 5.00. The number of aromatic nitrogens is 2. The van der Waals surface area contributed by atoms with Crippen LogP contribution < -0.4 is 9.64 Å².